The highest BCUT2D eigenvalue weighted by atomic mass is 16.2. The molecule has 122 valence electrons. The number of unbranched alkanes of at least 4 members (excludes halogenated alkanes) is 1. The SMILES string of the molecule is CCCCN(C)CC1CCN(C(=O)[C@@H]2CCCNC2)CC1. The molecule has 0 saturated carbocycles. The van der Waals surface area contributed by atoms with Gasteiger partial charge in [-0.3, -0.25) is 4.79 Å². The number of rotatable bonds is 6. The van der Waals surface area contributed by atoms with Crippen molar-refractivity contribution >= 4 is 5.91 Å². The fourth-order valence-electron chi connectivity index (χ4n) is 3.62. The Morgan fingerprint density at radius 2 is 2.05 bits per heavy atom. The first kappa shape index (κ1) is 16.8. The van der Waals surface area contributed by atoms with E-state index in [1.165, 1.54) is 38.8 Å². The molecule has 0 bridgehead atoms. The molecule has 4 heteroatoms. The predicted octanol–water partition coefficient (Wildman–Crippen LogP) is 1.96. The maximum Gasteiger partial charge on any atom is 0.226 e. The van der Waals surface area contributed by atoms with Crippen LogP contribution in [0.15, 0.2) is 0 Å². The van der Waals surface area contributed by atoms with Crippen LogP contribution in [-0.4, -0.2) is 62.0 Å². The summed E-state index contributed by atoms with van der Waals surface area (Å²) >= 11 is 0. The highest BCUT2D eigenvalue weighted by Crippen LogP contribution is 2.21. The van der Waals surface area contributed by atoms with E-state index in [-0.39, 0.29) is 5.92 Å². The summed E-state index contributed by atoms with van der Waals surface area (Å²) in [6.45, 7) is 8.58. The van der Waals surface area contributed by atoms with Crippen LogP contribution in [0.1, 0.15) is 45.4 Å². The van der Waals surface area contributed by atoms with Gasteiger partial charge in [0.15, 0.2) is 0 Å². The molecule has 0 aliphatic carbocycles. The second kappa shape index (κ2) is 8.74. The molecule has 2 aliphatic rings. The first-order chi connectivity index (χ1) is 10.2. The average Bonchev–Trinajstić information content (AvgIpc) is 2.54. The van der Waals surface area contributed by atoms with Crippen LogP contribution in [-0.2, 0) is 4.79 Å². The Kier molecular flexibility index (Phi) is 6.97. The molecule has 21 heavy (non-hydrogen) atoms. The van der Waals surface area contributed by atoms with Crippen molar-refractivity contribution in [1.29, 1.82) is 0 Å². The quantitative estimate of drug-likeness (QED) is 0.813. The van der Waals surface area contributed by atoms with Crippen molar-refractivity contribution in [3.05, 3.63) is 0 Å². The van der Waals surface area contributed by atoms with Crippen molar-refractivity contribution in [3.63, 3.8) is 0 Å². The highest BCUT2D eigenvalue weighted by Gasteiger charge is 2.29. The van der Waals surface area contributed by atoms with Gasteiger partial charge < -0.3 is 15.1 Å². The lowest BCUT2D eigenvalue weighted by Gasteiger charge is -2.36. The van der Waals surface area contributed by atoms with Gasteiger partial charge in [0.05, 0.1) is 5.92 Å². The zero-order valence-corrected chi connectivity index (χ0v) is 13.9. The van der Waals surface area contributed by atoms with Crippen LogP contribution in [0.5, 0.6) is 0 Å². The number of piperidine rings is 2. The van der Waals surface area contributed by atoms with E-state index < -0.39 is 0 Å². The molecule has 0 radical (unpaired) electrons. The van der Waals surface area contributed by atoms with Gasteiger partial charge >= 0.3 is 0 Å². The van der Waals surface area contributed by atoms with Crippen LogP contribution in [0.25, 0.3) is 0 Å². The molecule has 2 rings (SSSR count). The van der Waals surface area contributed by atoms with Gasteiger partial charge in [-0.1, -0.05) is 13.3 Å². The van der Waals surface area contributed by atoms with E-state index >= 15 is 0 Å². The van der Waals surface area contributed by atoms with Crippen LogP contribution in [0, 0.1) is 11.8 Å². The van der Waals surface area contributed by atoms with E-state index in [2.05, 4.69) is 29.1 Å². The Balaban J connectivity index is 1.68. The number of carbonyl (C=O) groups is 1. The number of hydrogen-bond donors (Lipinski definition) is 1. The van der Waals surface area contributed by atoms with Crippen molar-refractivity contribution in [2.75, 3.05) is 46.3 Å². The summed E-state index contributed by atoms with van der Waals surface area (Å²) in [6, 6.07) is 0. The molecule has 0 aromatic rings. The number of hydrogen-bond acceptors (Lipinski definition) is 3. The number of nitrogens with one attached hydrogen (secondary N) is 1. The molecule has 0 aromatic heterocycles. The summed E-state index contributed by atoms with van der Waals surface area (Å²) in [7, 11) is 2.24. The zero-order chi connectivity index (χ0) is 15.1. The maximum absolute atomic E-state index is 12.5. The number of carbonyl (C=O) groups excluding carboxylic acids is 1. The van der Waals surface area contributed by atoms with Gasteiger partial charge in [-0.15, -0.1) is 0 Å². The fraction of sp³-hybridized carbons (Fsp3) is 0.941. The standard InChI is InChI=1S/C17H33N3O/c1-3-4-10-19(2)14-15-7-11-20(12-8-15)17(21)16-6-5-9-18-13-16/h15-16,18H,3-14H2,1-2H3/t16-/m1/s1. The van der Waals surface area contributed by atoms with E-state index in [9.17, 15) is 4.79 Å². The number of nitrogens with zero attached hydrogens (tertiary/aromatic N) is 2. The number of amides is 1. The molecule has 2 saturated heterocycles. The Labute approximate surface area is 130 Å². The third kappa shape index (κ3) is 5.26. The van der Waals surface area contributed by atoms with Gasteiger partial charge in [-0.05, 0) is 58.2 Å². The fourth-order valence-corrected chi connectivity index (χ4v) is 3.62. The van der Waals surface area contributed by atoms with E-state index in [4.69, 9.17) is 0 Å². The lowest BCUT2D eigenvalue weighted by molar-refractivity contribution is -0.137. The van der Waals surface area contributed by atoms with Crippen molar-refractivity contribution in [3.8, 4) is 0 Å². The molecular weight excluding hydrogens is 262 g/mol. The number of likely N-dealkylation sites (tertiary alicyclic amines) is 1. The molecular formula is C17H33N3O. The summed E-state index contributed by atoms with van der Waals surface area (Å²) in [5, 5.41) is 3.36. The Bertz CT molecular complexity index is 307. The van der Waals surface area contributed by atoms with Gasteiger partial charge in [0.1, 0.15) is 0 Å². The minimum atomic E-state index is 0.238. The Morgan fingerprint density at radius 3 is 2.67 bits per heavy atom. The second-order valence-corrected chi connectivity index (χ2v) is 6.93. The average molecular weight is 295 g/mol. The first-order valence-electron chi connectivity index (χ1n) is 8.88. The van der Waals surface area contributed by atoms with Crippen molar-refractivity contribution in [2.24, 2.45) is 11.8 Å². The molecule has 1 amide bonds. The summed E-state index contributed by atoms with van der Waals surface area (Å²) < 4.78 is 0. The van der Waals surface area contributed by atoms with Gasteiger partial charge in [0.2, 0.25) is 5.91 Å². The smallest absolute Gasteiger partial charge is 0.226 e. The predicted molar refractivity (Wildman–Crippen MR) is 87.3 cm³/mol. The summed E-state index contributed by atoms with van der Waals surface area (Å²) in [6.07, 6.45) is 7.15. The molecule has 0 aromatic carbocycles. The van der Waals surface area contributed by atoms with Crippen molar-refractivity contribution in [2.45, 2.75) is 45.4 Å². The second-order valence-electron chi connectivity index (χ2n) is 6.93. The van der Waals surface area contributed by atoms with Crippen molar-refractivity contribution in [1.82, 2.24) is 15.1 Å². The third-order valence-corrected chi connectivity index (χ3v) is 5.04. The largest absolute Gasteiger partial charge is 0.342 e. The Morgan fingerprint density at radius 1 is 1.29 bits per heavy atom. The lowest BCUT2D eigenvalue weighted by atomic mass is 9.93. The van der Waals surface area contributed by atoms with E-state index in [0.29, 0.717) is 5.91 Å². The topological polar surface area (TPSA) is 35.6 Å². The molecule has 2 fully saturated rings. The van der Waals surface area contributed by atoms with Gasteiger partial charge in [0, 0.05) is 26.2 Å². The summed E-state index contributed by atoms with van der Waals surface area (Å²) in [5.41, 5.74) is 0. The Hall–Kier alpha value is -0.610. The minimum Gasteiger partial charge on any atom is -0.342 e. The van der Waals surface area contributed by atoms with Gasteiger partial charge in [0.25, 0.3) is 0 Å². The molecule has 0 spiro atoms. The molecule has 0 unspecified atom stereocenters. The molecule has 4 nitrogen and oxygen atoms in total. The maximum atomic E-state index is 12.5. The minimum absolute atomic E-state index is 0.238. The van der Waals surface area contributed by atoms with Gasteiger partial charge in [-0.25, -0.2) is 0 Å². The molecule has 2 aliphatic heterocycles. The van der Waals surface area contributed by atoms with Crippen LogP contribution in [0.4, 0.5) is 0 Å². The molecule has 1 N–H and O–H groups in total. The van der Waals surface area contributed by atoms with Crippen LogP contribution in [0.2, 0.25) is 0 Å². The highest BCUT2D eigenvalue weighted by molar-refractivity contribution is 5.79. The molecule has 1 atom stereocenters. The first-order valence-corrected chi connectivity index (χ1v) is 8.88. The third-order valence-electron chi connectivity index (χ3n) is 5.04. The van der Waals surface area contributed by atoms with Crippen LogP contribution in [0.3, 0.4) is 0 Å². The lowest BCUT2D eigenvalue weighted by Crippen LogP contribution is -2.47. The normalized spacial score (nSPS) is 24.5. The zero-order valence-electron chi connectivity index (χ0n) is 13.9. The van der Waals surface area contributed by atoms with Crippen LogP contribution >= 0.6 is 0 Å². The van der Waals surface area contributed by atoms with E-state index in [0.717, 1.165) is 44.9 Å². The van der Waals surface area contributed by atoms with Gasteiger partial charge in [-0.2, -0.15) is 0 Å². The summed E-state index contributed by atoms with van der Waals surface area (Å²) in [5.74, 6) is 1.42. The molecule has 2 heterocycles. The van der Waals surface area contributed by atoms with E-state index in [1.54, 1.807) is 0 Å². The van der Waals surface area contributed by atoms with Crippen molar-refractivity contribution < 1.29 is 4.79 Å². The van der Waals surface area contributed by atoms with Crippen LogP contribution < -0.4 is 5.32 Å². The van der Waals surface area contributed by atoms with E-state index in [1.807, 2.05) is 0 Å². The monoisotopic (exact) mass is 295 g/mol. The summed E-state index contributed by atoms with van der Waals surface area (Å²) in [4.78, 5) is 17.1.